The van der Waals surface area contributed by atoms with Gasteiger partial charge in [0.15, 0.2) is 0 Å². The van der Waals surface area contributed by atoms with E-state index >= 15 is 0 Å². The molecule has 127 valence electrons. The molecule has 5 N–H and O–H groups in total. The van der Waals surface area contributed by atoms with Gasteiger partial charge in [0.05, 0.1) is 0 Å². The molecule has 2 fully saturated rings. The predicted molar refractivity (Wildman–Crippen MR) is 87.7 cm³/mol. The summed E-state index contributed by atoms with van der Waals surface area (Å²) >= 11 is 0.00694. The molecule has 21 heavy (non-hydrogen) atoms. The molecule has 8 heteroatoms. The van der Waals surface area contributed by atoms with E-state index in [1.807, 2.05) is 0 Å². The van der Waals surface area contributed by atoms with Crippen molar-refractivity contribution in [1.29, 1.82) is 0 Å². The molecule has 0 bridgehead atoms. The van der Waals surface area contributed by atoms with Gasteiger partial charge in [-0.2, -0.15) is 0 Å². The second-order valence-electron chi connectivity index (χ2n) is 5.36. The first-order valence-electron chi connectivity index (χ1n) is 7.84. The van der Waals surface area contributed by atoms with Crippen molar-refractivity contribution in [1.82, 2.24) is 26.6 Å². The first-order valence-corrected chi connectivity index (χ1v) is 11.1. The molecule has 5 nitrogen and oxygen atoms in total. The van der Waals surface area contributed by atoms with Gasteiger partial charge in [-0.15, -0.1) is 0 Å². The van der Waals surface area contributed by atoms with E-state index in [4.69, 9.17) is 20.2 Å². The molecule has 2 rings (SSSR count). The average Bonchev–Trinajstić information content (AvgIpc) is 2.91. The van der Waals surface area contributed by atoms with Gasteiger partial charge in [-0.3, -0.25) is 0 Å². The third-order valence-corrected chi connectivity index (χ3v) is 3.89. The van der Waals surface area contributed by atoms with Gasteiger partial charge in [-0.1, -0.05) is 6.42 Å². The number of nitrogens with one attached hydrogen (secondary N) is 5. The van der Waals surface area contributed by atoms with Crippen LogP contribution in [0.25, 0.3) is 0 Å². The number of rotatable bonds is 0. The summed E-state index contributed by atoms with van der Waals surface area (Å²) < 4.78 is 0. The summed E-state index contributed by atoms with van der Waals surface area (Å²) in [4.78, 5) is 0. The maximum absolute atomic E-state index is 4.80. The fourth-order valence-corrected chi connectivity index (χ4v) is 2.87. The van der Waals surface area contributed by atoms with E-state index in [1.54, 1.807) is 0 Å². The van der Waals surface area contributed by atoms with Crippen molar-refractivity contribution in [3.63, 3.8) is 0 Å². The Labute approximate surface area is 143 Å². The molecule has 0 aromatic carbocycles. The summed E-state index contributed by atoms with van der Waals surface area (Å²) in [6.07, 6.45) is 4.01. The quantitative estimate of drug-likeness (QED) is 0.390. The molecular formula is C13H29Cl2MnN5. The SMILES string of the molecule is C1CC2NCCNCCNCCNCCN[C@@H]2C1.[Cl][Mn][Cl]. The third kappa shape index (κ3) is 10.3. The minimum absolute atomic E-state index is 0.00694. The fraction of sp³-hybridized carbons (Fsp3) is 1.00. The Hall–Kier alpha value is 0.899. The third-order valence-electron chi connectivity index (χ3n) is 3.89. The van der Waals surface area contributed by atoms with Gasteiger partial charge in [0, 0.05) is 64.4 Å². The standard InChI is InChI=1S/C13H29N5.2ClH.Mn/c1-2-12-13(3-1)18-11-9-16-7-5-14-4-6-15-8-10-17-12;;;/h12-18H,1-11H2;2*1H;/q;;;+2/p-2/t12-,13?;;;/m1.../s1. The molecule has 1 unspecified atom stereocenters. The summed E-state index contributed by atoms with van der Waals surface area (Å²) in [7, 11) is 9.59. The van der Waals surface area contributed by atoms with Crippen molar-refractivity contribution in [3.05, 3.63) is 0 Å². The van der Waals surface area contributed by atoms with Crippen LogP contribution in [0, 0.1) is 0 Å². The van der Waals surface area contributed by atoms with Gasteiger partial charge in [-0.05, 0) is 12.8 Å². The number of fused-ring (bicyclic) bond motifs is 1. The normalized spacial score (nSPS) is 29.4. The number of hydrogen-bond donors (Lipinski definition) is 5. The zero-order chi connectivity index (χ0) is 15.2. The van der Waals surface area contributed by atoms with Crippen LogP contribution in [0.4, 0.5) is 0 Å². The summed E-state index contributed by atoms with van der Waals surface area (Å²) in [5, 5.41) is 17.7. The van der Waals surface area contributed by atoms with E-state index in [1.165, 1.54) is 19.3 Å². The van der Waals surface area contributed by atoms with Gasteiger partial charge in [0.1, 0.15) is 0 Å². The van der Waals surface area contributed by atoms with Crippen LogP contribution in [-0.2, 0) is 13.1 Å². The number of hydrogen-bond acceptors (Lipinski definition) is 5. The van der Waals surface area contributed by atoms with Gasteiger partial charge in [0.2, 0.25) is 0 Å². The Balaban J connectivity index is 0.000000677. The molecule has 0 aromatic rings. The van der Waals surface area contributed by atoms with Crippen LogP contribution in [0.15, 0.2) is 0 Å². The molecule has 1 heterocycles. The second kappa shape index (κ2) is 14.5. The maximum atomic E-state index is 4.80. The van der Waals surface area contributed by atoms with Crippen LogP contribution >= 0.6 is 20.2 Å². The van der Waals surface area contributed by atoms with Crippen LogP contribution in [0.3, 0.4) is 0 Å². The molecule has 0 spiro atoms. The Morgan fingerprint density at radius 1 is 0.619 bits per heavy atom. The predicted octanol–water partition coefficient (Wildman–Crippen LogP) is 0.246. The van der Waals surface area contributed by atoms with Crippen molar-refractivity contribution in [2.75, 3.05) is 52.4 Å². The van der Waals surface area contributed by atoms with Crippen LogP contribution in [-0.4, -0.2) is 64.4 Å². The van der Waals surface area contributed by atoms with Crippen LogP contribution in [0.2, 0.25) is 0 Å². The summed E-state index contributed by atoms with van der Waals surface area (Å²) in [5.41, 5.74) is 0. The van der Waals surface area contributed by atoms with E-state index < -0.39 is 0 Å². The summed E-state index contributed by atoms with van der Waals surface area (Å²) in [6, 6.07) is 1.35. The van der Waals surface area contributed by atoms with Gasteiger partial charge in [0.25, 0.3) is 0 Å². The zero-order valence-electron chi connectivity index (χ0n) is 12.6. The molecule has 0 radical (unpaired) electrons. The zero-order valence-corrected chi connectivity index (χ0v) is 15.3. The van der Waals surface area contributed by atoms with Gasteiger partial charge >= 0.3 is 33.3 Å². The Morgan fingerprint density at radius 2 is 0.952 bits per heavy atom. The van der Waals surface area contributed by atoms with E-state index in [9.17, 15) is 0 Å². The Kier molecular flexibility index (Phi) is 13.8. The molecule has 0 aromatic heterocycles. The van der Waals surface area contributed by atoms with Crippen molar-refractivity contribution < 1.29 is 13.1 Å². The van der Waals surface area contributed by atoms with Crippen LogP contribution in [0.5, 0.6) is 0 Å². The second-order valence-corrected chi connectivity index (χ2v) is 7.31. The van der Waals surface area contributed by atoms with Crippen molar-refractivity contribution in [2.24, 2.45) is 0 Å². The topological polar surface area (TPSA) is 60.1 Å². The Bertz CT molecular complexity index is 219. The van der Waals surface area contributed by atoms with E-state index in [0.29, 0.717) is 12.1 Å². The van der Waals surface area contributed by atoms with E-state index in [-0.39, 0.29) is 13.1 Å². The van der Waals surface area contributed by atoms with Crippen LogP contribution < -0.4 is 26.6 Å². The molecule has 1 saturated heterocycles. The molecule has 1 aliphatic heterocycles. The molecule has 2 atom stereocenters. The average molecular weight is 381 g/mol. The van der Waals surface area contributed by atoms with E-state index in [0.717, 1.165) is 52.4 Å². The minimum atomic E-state index is 0.00694. The number of halogens is 2. The first kappa shape index (κ1) is 19.9. The first-order chi connectivity index (χ1) is 10.4. The van der Waals surface area contributed by atoms with Crippen molar-refractivity contribution in [3.8, 4) is 0 Å². The van der Waals surface area contributed by atoms with Crippen LogP contribution in [0.1, 0.15) is 19.3 Å². The fourth-order valence-electron chi connectivity index (χ4n) is 2.87. The Morgan fingerprint density at radius 3 is 1.33 bits per heavy atom. The molecule has 0 amide bonds. The van der Waals surface area contributed by atoms with Gasteiger partial charge in [-0.25, -0.2) is 0 Å². The van der Waals surface area contributed by atoms with Crippen molar-refractivity contribution >= 4 is 20.2 Å². The molecule has 2 aliphatic rings. The molecule has 1 saturated carbocycles. The molecular weight excluding hydrogens is 352 g/mol. The summed E-state index contributed by atoms with van der Waals surface area (Å²) in [5.74, 6) is 0. The monoisotopic (exact) mass is 380 g/mol. The van der Waals surface area contributed by atoms with E-state index in [2.05, 4.69) is 26.6 Å². The summed E-state index contributed by atoms with van der Waals surface area (Å²) in [6.45, 7) is 8.56. The van der Waals surface area contributed by atoms with Crippen molar-refractivity contribution in [2.45, 2.75) is 31.3 Å². The van der Waals surface area contributed by atoms with Gasteiger partial charge < -0.3 is 26.6 Å². The molecule has 1 aliphatic carbocycles.